The number of nitrogens with one attached hydrogen (secondary N) is 1. The molecule has 1 aliphatic heterocycles. The van der Waals surface area contributed by atoms with Gasteiger partial charge in [0.15, 0.2) is 9.84 Å². The summed E-state index contributed by atoms with van der Waals surface area (Å²) < 4.78 is 23.5. The molecule has 2 N–H and O–H groups in total. The summed E-state index contributed by atoms with van der Waals surface area (Å²) in [5, 5.41) is 11.9. The van der Waals surface area contributed by atoms with E-state index in [1.807, 2.05) is 19.1 Å². The van der Waals surface area contributed by atoms with Crippen molar-refractivity contribution in [3.05, 3.63) is 21.9 Å². The molecule has 0 bridgehead atoms. The molecule has 0 radical (unpaired) electrons. The number of rotatable bonds is 3. The molecule has 1 saturated heterocycles. The molecule has 5 nitrogen and oxygen atoms in total. The van der Waals surface area contributed by atoms with E-state index < -0.39 is 27.9 Å². The fourth-order valence-electron chi connectivity index (χ4n) is 1.99. The van der Waals surface area contributed by atoms with Crippen LogP contribution in [0.2, 0.25) is 0 Å². The Morgan fingerprint density at radius 3 is 2.78 bits per heavy atom. The highest BCUT2D eigenvalue weighted by atomic mass is 32.2. The monoisotopic (exact) mass is 289 g/mol. The van der Waals surface area contributed by atoms with E-state index in [4.69, 9.17) is 5.11 Å². The van der Waals surface area contributed by atoms with Crippen molar-refractivity contribution in [3.8, 4) is 0 Å². The van der Waals surface area contributed by atoms with Gasteiger partial charge in [-0.05, 0) is 18.6 Å². The van der Waals surface area contributed by atoms with Crippen molar-refractivity contribution in [3.63, 3.8) is 0 Å². The summed E-state index contributed by atoms with van der Waals surface area (Å²) >= 11 is 1.53. The summed E-state index contributed by atoms with van der Waals surface area (Å²) in [6, 6.07) is 2.41. The molecule has 1 aliphatic rings. The van der Waals surface area contributed by atoms with Crippen LogP contribution in [0.25, 0.3) is 0 Å². The molecule has 0 spiro atoms. The number of aliphatic carboxylic acids is 1. The van der Waals surface area contributed by atoms with Crippen molar-refractivity contribution >= 4 is 27.1 Å². The molecule has 2 atom stereocenters. The summed E-state index contributed by atoms with van der Waals surface area (Å²) in [6.07, 6.45) is 0.895. The topological polar surface area (TPSA) is 83.5 Å². The maximum absolute atomic E-state index is 11.7. The molecule has 0 saturated carbocycles. The van der Waals surface area contributed by atoms with E-state index in [0.29, 0.717) is 0 Å². The fourth-order valence-corrected chi connectivity index (χ4v) is 4.78. The van der Waals surface area contributed by atoms with E-state index in [2.05, 4.69) is 5.32 Å². The lowest BCUT2D eigenvalue weighted by atomic mass is 10.2. The highest BCUT2D eigenvalue weighted by molar-refractivity contribution is 7.91. The van der Waals surface area contributed by atoms with Gasteiger partial charge in [-0.25, -0.2) is 8.42 Å². The number of aryl methyl sites for hydroxylation is 1. The third-order valence-corrected chi connectivity index (χ3v) is 5.94. The predicted molar refractivity (Wildman–Crippen MR) is 69.7 cm³/mol. The van der Waals surface area contributed by atoms with E-state index in [-0.39, 0.29) is 11.5 Å². The molecular formula is C11H15NO4S2. The maximum atomic E-state index is 11.7. The first kappa shape index (κ1) is 13.5. The van der Waals surface area contributed by atoms with Crippen LogP contribution in [0, 0.1) is 0 Å². The van der Waals surface area contributed by atoms with Gasteiger partial charge in [0.1, 0.15) is 6.04 Å². The minimum atomic E-state index is -3.31. The van der Waals surface area contributed by atoms with Gasteiger partial charge in [-0.1, -0.05) is 6.92 Å². The zero-order valence-electron chi connectivity index (χ0n) is 9.92. The Labute approximate surface area is 110 Å². The highest BCUT2D eigenvalue weighted by Crippen LogP contribution is 2.27. The minimum Gasteiger partial charge on any atom is -0.480 e. The van der Waals surface area contributed by atoms with Crippen molar-refractivity contribution < 1.29 is 18.3 Å². The Morgan fingerprint density at radius 2 is 2.22 bits per heavy atom. The van der Waals surface area contributed by atoms with E-state index in [1.54, 1.807) is 0 Å². The van der Waals surface area contributed by atoms with Gasteiger partial charge in [0.2, 0.25) is 0 Å². The Bertz CT molecular complexity index is 549. The summed E-state index contributed by atoms with van der Waals surface area (Å²) in [7, 11) is -3.31. The summed E-state index contributed by atoms with van der Waals surface area (Å²) in [4.78, 5) is 13.0. The van der Waals surface area contributed by atoms with E-state index in [9.17, 15) is 13.2 Å². The smallest absolute Gasteiger partial charge is 0.321 e. The lowest BCUT2D eigenvalue weighted by Gasteiger charge is -2.27. The third-order valence-electron chi connectivity index (χ3n) is 2.92. The second kappa shape index (κ2) is 4.99. The number of hydrogen-bond donors (Lipinski definition) is 2. The molecule has 0 aromatic carbocycles. The summed E-state index contributed by atoms with van der Waals surface area (Å²) in [5.74, 6) is -1.47. The standard InChI is InChI=1S/C11H15NO4S2/c1-2-7-3-4-10(17-7)8-5-18(15,16)6-9(12-8)11(13)14/h3-4,8-9,12H,2,5-6H2,1H3,(H,13,14). The molecule has 1 aromatic heterocycles. The summed E-state index contributed by atoms with van der Waals surface area (Å²) in [5.41, 5.74) is 0. The van der Waals surface area contributed by atoms with Gasteiger partial charge in [-0.3, -0.25) is 10.1 Å². The number of thiophene rings is 1. The van der Waals surface area contributed by atoms with E-state index >= 15 is 0 Å². The molecule has 2 heterocycles. The van der Waals surface area contributed by atoms with E-state index in [1.165, 1.54) is 16.2 Å². The zero-order chi connectivity index (χ0) is 13.3. The van der Waals surface area contributed by atoms with Crippen molar-refractivity contribution in [2.45, 2.75) is 25.4 Å². The Kier molecular flexibility index (Phi) is 3.74. The fraction of sp³-hybridized carbons (Fsp3) is 0.545. The summed E-state index contributed by atoms with van der Waals surface area (Å²) in [6.45, 7) is 2.03. The SMILES string of the molecule is CCc1ccc(C2CS(=O)(=O)CC(C(=O)O)N2)s1. The first-order valence-electron chi connectivity index (χ1n) is 5.69. The van der Waals surface area contributed by atoms with Gasteiger partial charge in [0.25, 0.3) is 0 Å². The third kappa shape index (κ3) is 2.90. The number of hydrogen-bond acceptors (Lipinski definition) is 5. The first-order chi connectivity index (χ1) is 8.41. The van der Waals surface area contributed by atoms with Gasteiger partial charge in [0, 0.05) is 9.75 Å². The number of sulfone groups is 1. The zero-order valence-corrected chi connectivity index (χ0v) is 11.6. The van der Waals surface area contributed by atoms with Crippen LogP contribution < -0.4 is 5.32 Å². The number of carboxylic acids is 1. The van der Waals surface area contributed by atoms with Gasteiger partial charge >= 0.3 is 5.97 Å². The minimum absolute atomic E-state index is 0.0273. The molecule has 2 rings (SSSR count). The molecule has 0 aliphatic carbocycles. The van der Waals surface area contributed by atoms with Crippen LogP contribution >= 0.6 is 11.3 Å². The van der Waals surface area contributed by atoms with Crippen molar-refractivity contribution in [2.75, 3.05) is 11.5 Å². The average Bonchev–Trinajstić information content (AvgIpc) is 2.75. The predicted octanol–water partition coefficient (Wildman–Crippen LogP) is 0.823. The molecule has 1 fully saturated rings. The first-order valence-corrected chi connectivity index (χ1v) is 8.33. The molecule has 0 amide bonds. The Morgan fingerprint density at radius 1 is 1.50 bits per heavy atom. The average molecular weight is 289 g/mol. The van der Waals surface area contributed by atoms with Crippen molar-refractivity contribution in [2.24, 2.45) is 0 Å². The lowest BCUT2D eigenvalue weighted by molar-refractivity contribution is -0.139. The molecule has 100 valence electrons. The van der Waals surface area contributed by atoms with Crippen LogP contribution in [0.5, 0.6) is 0 Å². The normalized spacial score (nSPS) is 26.9. The molecule has 2 unspecified atom stereocenters. The van der Waals surface area contributed by atoms with Crippen molar-refractivity contribution in [1.82, 2.24) is 5.32 Å². The molecule has 7 heteroatoms. The lowest BCUT2D eigenvalue weighted by Crippen LogP contribution is -2.50. The van der Waals surface area contributed by atoms with Gasteiger partial charge in [0.05, 0.1) is 17.5 Å². The van der Waals surface area contributed by atoms with Gasteiger partial charge in [-0.15, -0.1) is 11.3 Å². The quantitative estimate of drug-likeness (QED) is 0.861. The second-order valence-corrected chi connectivity index (χ2v) is 7.70. The van der Waals surface area contributed by atoms with Crippen LogP contribution in [0.1, 0.15) is 22.7 Å². The van der Waals surface area contributed by atoms with Crippen LogP contribution in [0.15, 0.2) is 12.1 Å². The number of carboxylic acid groups (broad SMARTS) is 1. The largest absolute Gasteiger partial charge is 0.480 e. The Balaban J connectivity index is 2.24. The van der Waals surface area contributed by atoms with Crippen LogP contribution in [-0.4, -0.2) is 37.0 Å². The number of carbonyl (C=O) groups is 1. The highest BCUT2D eigenvalue weighted by Gasteiger charge is 2.36. The van der Waals surface area contributed by atoms with Gasteiger partial charge < -0.3 is 5.11 Å². The molecule has 18 heavy (non-hydrogen) atoms. The second-order valence-electron chi connectivity index (χ2n) is 4.34. The van der Waals surface area contributed by atoms with Crippen LogP contribution in [0.3, 0.4) is 0 Å². The van der Waals surface area contributed by atoms with E-state index in [0.717, 1.165) is 11.3 Å². The van der Waals surface area contributed by atoms with Crippen LogP contribution in [-0.2, 0) is 21.1 Å². The van der Waals surface area contributed by atoms with Crippen molar-refractivity contribution in [1.29, 1.82) is 0 Å². The van der Waals surface area contributed by atoms with Crippen LogP contribution in [0.4, 0.5) is 0 Å². The Hall–Kier alpha value is -0.920. The molecular weight excluding hydrogens is 274 g/mol. The maximum Gasteiger partial charge on any atom is 0.321 e. The molecule has 1 aromatic rings. The van der Waals surface area contributed by atoms with Gasteiger partial charge in [-0.2, -0.15) is 0 Å².